The molecule has 0 spiro atoms. The third kappa shape index (κ3) is 4.51. The summed E-state index contributed by atoms with van der Waals surface area (Å²) in [4.78, 5) is 14.4. The minimum atomic E-state index is -3.55. The molecule has 1 aromatic carbocycles. The molecule has 3 rings (SSSR count). The van der Waals surface area contributed by atoms with E-state index in [2.05, 4.69) is 0 Å². The maximum Gasteiger partial charge on any atom is 0.270 e. The summed E-state index contributed by atoms with van der Waals surface area (Å²) >= 11 is 5.84. The van der Waals surface area contributed by atoms with Crippen molar-refractivity contribution >= 4 is 27.5 Å². The van der Waals surface area contributed by atoms with Crippen LogP contribution in [-0.2, 0) is 17.1 Å². The van der Waals surface area contributed by atoms with Crippen molar-refractivity contribution in [1.82, 2.24) is 13.8 Å². The first-order chi connectivity index (χ1) is 13.3. The molecule has 2 heterocycles. The Hall–Kier alpha value is -2.03. The second-order valence-corrected chi connectivity index (χ2v) is 9.19. The minimum absolute atomic E-state index is 0.158. The molecule has 0 bridgehead atoms. The van der Waals surface area contributed by atoms with Crippen molar-refractivity contribution in [2.45, 2.75) is 17.7 Å². The van der Waals surface area contributed by atoms with Crippen LogP contribution in [0.15, 0.2) is 41.4 Å². The predicted molar refractivity (Wildman–Crippen MR) is 107 cm³/mol. The van der Waals surface area contributed by atoms with Crippen LogP contribution in [0.5, 0.6) is 5.75 Å². The number of nitrogens with zero attached hydrogens (tertiary/aromatic N) is 3. The number of amides is 1. The Kier molecular flexibility index (Phi) is 6.32. The number of aromatic nitrogens is 1. The van der Waals surface area contributed by atoms with Crippen molar-refractivity contribution < 1.29 is 17.9 Å². The summed E-state index contributed by atoms with van der Waals surface area (Å²) in [6.45, 7) is 1.74. The van der Waals surface area contributed by atoms with Crippen molar-refractivity contribution in [2.75, 3.05) is 33.3 Å². The van der Waals surface area contributed by atoms with E-state index in [0.717, 1.165) is 12.8 Å². The summed E-state index contributed by atoms with van der Waals surface area (Å²) in [5.41, 5.74) is 0.326. The molecule has 1 aliphatic rings. The number of benzene rings is 1. The first-order valence-electron chi connectivity index (χ1n) is 9.09. The Morgan fingerprint density at radius 1 is 1.21 bits per heavy atom. The first kappa shape index (κ1) is 20.7. The third-order valence-corrected chi connectivity index (χ3v) is 6.87. The smallest absolute Gasteiger partial charge is 0.270 e. The molecule has 1 amide bonds. The molecular formula is C19H24ClN3O4S. The van der Waals surface area contributed by atoms with Gasteiger partial charge in [0.15, 0.2) is 0 Å². The normalized spacial score (nSPS) is 15.0. The van der Waals surface area contributed by atoms with Crippen molar-refractivity contribution in [1.29, 1.82) is 0 Å². The second kappa shape index (κ2) is 8.55. The molecule has 1 aromatic heterocycles. The zero-order chi connectivity index (χ0) is 20.3. The molecule has 1 fully saturated rings. The molecule has 2 aromatic rings. The average molecular weight is 426 g/mol. The number of carbonyl (C=O) groups is 1. The van der Waals surface area contributed by atoms with Gasteiger partial charge in [-0.3, -0.25) is 4.79 Å². The van der Waals surface area contributed by atoms with Gasteiger partial charge in [-0.15, -0.1) is 0 Å². The van der Waals surface area contributed by atoms with Crippen molar-refractivity contribution in [3.63, 3.8) is 0 Å². The number of carbonyl (C=O) groups excluding carboxylic acids is 1. The van der Waals surface area contributed by atoms with Crippen LogP contribution in [0.25, 0.3) is 0 Å². The standard InChI is InChI=1S/C19H24ClN3O4S/c1-21(11-12-27-16-7-5-15(20)6-8-16)19(24)18-13-17(14-22(18)2)28(25,26)23-9-3-4-10-23/h5-8,13-14H,3-4,9-12H2,1-2H3. The van der Waals surface area contributed by atoms with E-state index in [1.807, 2.05) is 0 Å². The van der Waals surface area contributed by atoms with Gasteiger partial charge >= 0.3 is 0 Å². The number of ether oxygens (including phenoxy) is 1. The van der Waals surface area contributed by atoms with Gasteiger partial charge in [0.1, 0.15) is 22.9 Å². The lowest BCUT2D eigenvalue weighted by Gasteiger charge is -2.17. The average Bonchev–Trinajstić information content (AvgIpc) is 3.33. The van der Waals surface area contributed by atoms with Crippen molar-refractivity contribution in [3.05, 3.63) is 47.2 Å². The van der Waals surface area contributed by atoms with E-state index in [1.165, 1.54) is 21.5 Å². The summed E-state index contributed by atoms with van der Waals surface area (Å²) < 4.78 is 34.1. The number of sulfonamides is 1. The number of hydrogen-bond donors (Lipinski definition) is 0. The Bertz CT molecular complexity index is 935. The molecule has 0 radical (unpaired) electrons. The third-order valence-electron chi connectivity index (χ3n) is 4.76. The van der Waals surface area contributed by atoms with Crippen LogP contribution in [0.1, 0.15) is 23.3 Å². The minimum Gasteiger partial charge on any atom is -0.492 e. The molecule has 1 aliphatic heterocycles. The second-order valence-electron chi connectivity index (χ2n) is 6.81. The fourth-order valence-corrected chi connectivity index (χ4v) is 4.81. The Morgan fingerprint density at radius 3 is 2.50 bits per heavy atom. The van der Waals surface area contributed by atoms with Crippen LogP contribution >= 0.6 is 11.6 Å². The van der Waals surface area contributed by atoms with E-state index in [-0.39, 0.29) is 10.8 Å². The van der Waals surface area contributed by atoms with E-state index < -0.39 is 10.0 Å². The largest absolute Gasteiger partial charge is 0.492 e. The van der Waals surface area contributed by atoms with Gasteiger partial charge in [-0.1, -0.05) is 11.6 Å². The van der Waals surface area contributed by atoms with E-state index in [1.54, 1.807) is 42.9 Å². The van der Waals surface area contributed by atoms with Crippen LogP contribution in [-0.4, -0.2) is 61.4 Å². The van der Waals surface area contributed by atoms with Crippen molar-refractivity contribution in [2.24, 2.45) is 7.05 Å². The lowest BCUT2D eigenvalue weighted by Crippen LogP contribution is -2.32. The van der Waals surface area contributed by atoms with E-state index in [4.69, 9.17) is 16.3 Å². The number of hydrogen-bond acceptors (Lipinski definition) is 4. The molecule has 28 heavy (non-hydrogen) atoms. The highest BCUT2D eigenvalue weighted by Crippen LogP contribution is 2.23. The summed E-state index contributed by atoms with van der Waals surface area (Å²) in [5, 5.41) is 0.628. The fourth-order valence-electron chi connectivity index (χ4n) is 3.09. The highest BCUT2D eigenvalue weighted by Gasteiger charge is 2.29. The topological polar surface area (TPSA) is 71.8 Å². The molecule has 0 aliphatic carbocycles. The molecule has 0 unspecified atom stereocenters. The first-order valence-corrected chi connectivity index (χ1v) is 10.9. The van der Waals surface area contributed by atoms with Crippen LogP contribution in [0.4, 0.5) is 0 Å². The van der Waals surface area contributed by atoms with Gasteiger partial charge in [0.2, 0.25) is 10.0 Å². The molecule has 1 saturated heterocycles. The Morgan fingerprint density at radius 2 is 1.86 bits per heavy atom. The van der Waals surface area contributed by atoms with Gasteiger partial charge in [0.05, 0.1) is 6.54 Å². The predicted octanol–water partition coefficient (Wildman–Crippen LogP) is 2.61. The van der Waals surface area contributed by atoms with Gasteiger partial charge in [-0.05, 0) is 43.2 Å². The molecule has 9 heteroatoms. The maximum absolute atomic E-state index is 12.7. The lowest BCUT2D eigenvalue weighted by atomic mass is 10.3. The molecule has 0 atom stereocenters. The van der Waals surface area contributed by atoms with Crippen LogP contribution in [0.3, 0.4) is 0 Å². The van der Waals surface area contributed by atoms with Gasteiger partial charge in [0.25, 0.3) is 5.91 Å². The Labute approximate surface area is 170 Å². The van der Waals surface area contributed by atoms with E-state index in [0.29, 0.717) is 42.7 Å². The van der Waals surface area contributed by atoms with Crippen LogP contribution in [0, 0.1) is 0 Å². The van der Waals surface area contributed by atoms with E-state index in [9.17, 15) is 13.2 Å². The van der Waals surface area contributed by atoms with Gasteiger partial charge < -0.3 is 14.2 Å². The van der Waals surface area contributed by atoms with Crippen LogP contribution in [0.2, 0.25) is 5.02 Å². The van der Waals surface area contributed by atoms with Gasteiger partial charge in [0, 0.05) is 38.4 Å². The maximum atomic E-state index is 12.7. The van der Waals surface area contributed by atoms with Gasteiger partial charge in [-0.2, -0.15) is 4.31 Å². The lowest BCUT2D eigenvalue weighted by molar-refractivity contribution is 0.0764. The highest BCUT2D eigenvalue weighted by molar-refractivity contribution is 7.89. The number of aryl methyl sites for hydroxylation is 1. The summed E-state index contributed by atoms with van der Waals surface area (Å²) in [5.74, 6) is 0.410. The summed E-state index contributed by atoms with van der Waals surface area (Å²) in [7, 11) is -0.213. The zero-order valence-corrected chi connectivity index (χ0v) is 17.5. The molecule has 7 nitrogen and oxygen atoms in total. The summed E-state index contributed by atoms with van der Waals surface area (Å²) in [6.07, 6.45) is 3.24. The number of halogens is 1. The molecule has 152 valence electrons. The number of rotatable bonds is 7. The van der Waals surface area contributed by atoms with Crippen LogP contribution < -0.4 is 4.74 Å². The number of likely N-dealkylation sites (N-methyl/N-ethyl adjacent to an activating group) is 1. The molecule has 0 saturated carbocycles. The molecular weight excluding hydrogens is 402 g/mol. The molecule has 0 N–H and O–H groups in total. The SMILES string of the molecule is CN(CCOc1ccc(Cl)cc1)C(=O)c1cc(S(=O)(=O)N2CCCC2)cn1C. The van der Waals surface area contributed by atoms with Crippen molar-refractivity contribution in [3.8, 4) is 5.75 Å². The monoisotopic (exact) mass is 425 g/mol. The highest BCUT2D eigenvalue weighted by atomic mass is 35.5. The van der Waals surface area contributed by atoms with E-state index >= 15 is 0 Å². The Balaban J connectivity index is 1.63. The zero-order valence-electron chi connectivity index (χ0n) is 16.0. The quantitative estimate of drug-likeness (QED) is 0.683. The fraction of sp³-hybridized carbons (Fsp3) is 0.421. The summed E-state index contributed by atoms with van der Waals surface area (Å²) in [6, 6.07) is 8.44. The van der Waals surface area contributed by atoms with Gasteiger partial charge in [-0.25, -0.2) is 8.42 Å².